The first-order valence-corrected chi connectivity index (χ1v) is 35.6. The number of piperidine rings is 3. The number of ether oxygens (including phenoxy) is 1. The van der Waals surface area contributed by atoms with Crippen LogP contribution in [0.1, 0.15) is 124 Å². The molecule has 3 heterocycles. The number of methoxy groups -OCH3 is 1. The van der Waals surface area contributed by atoms with Crippen molar-refractivity contribution in [2.45, 2.75) is 146 Å². The number of amides is 6. The van der Waals surface area contributed by atoms with Gasteiger partial charge in [0, 0.05) is 107 Å². The van der Waals surface area contributed by atoms with Crippen LogP contribution < -0.4 is 21.3 Å². The molecule has 101 heavy (non-hydrogen) atoms. The molecule has 4 N–H and O–H groups in total. The van der Waals surface area contributed by atoms with Gasteiger partial charge in [0.15, 0.2) is 11.6 Å². The zero-order chi connectivity index (χ0) is 73.5. The zero-order valence-electron chi connectivity index (χ0n) is 57.0. The molecule has 5 aromatic rings. The third-order valence-electron chi connectivity index (χ3n) is 17.9. The van der Waals surface area contributed by atoms with E-state index >= 15 is 0 Å². The molecule has 6 amide bonds. The quantitative estimate of drug-likeness (QED) is 0.0130. The average molecular weight is 1480 g/mol. The molecule has 0 radical (unpaired) electrons. The number of rotatable bonds is 27. The number of anilines is 3. The van der Waals surface area contributed by atoms with Gasteiger partial charge in [-0.25, -0.2) is 14.4 Å². The minimum atomic E-state index is -4.51. The monoisotopic (exact) mass is 1480 g/mol. The number of hydrogen-bond donors (Lipinski definition) is 4. The van der Waals surface area contributed by atoms with Gasteiger partial charge in [-0.15, -0.1) is 47.9 Å². The maximum Gasteiger partial charge on any atom is 0.416 e. The predicted molar refractivity (Wildman–Crippen MR) is 387 cm³/mol. The second kappa shape index (κ2) is 41.5. The van der Waals surface area contributed by atoms with Gasteiger partial charge in [-0.2, -0.15) is 26.3 Å². The van der Waals surface area contributed by atoms with Crippen molar-refractivity contribution in [1.82, 2.24) is 29.8 Å². The van der Waals surface area contributed by atoms with Gasteiger partial charge in [0.2, 0.25) is 0 Å². The molecule has 0 aromatic heterocycles. The minimum Gasteiger partial charge on any atom is -0.469 e. The molecule has 3 aliphatic rings. The number of terminal acetylenes is 2. The number of ketones is 2. The SMILES string of the molecule is C#CCCCN1CCC(N(Cc2ccccc2CC(=O)CCl)C(=O)Nc2ccc(Cl)c(Cl)c2)CC1.C#CCCCN1CCC(N(Cc2ccccc2CC(=O)CCl)C(=O)Nc2cccc(C(F)(F)F)c2)CC1.CCCCN1CCC(CC(=O)OC)(NC(=O)Nc2cccc(C(F)(F)F)c2)CC1. The van der Waals surface area contributed by atoms with Crippen molar-refractivity contribution >= 4 is 99.1 Å². The van der Waals surface area contributed by atoms with Gasteiger partial charge >= 0.3 is 36.4 Å². The van der Waals surface area contributed by atoms with Crippen LogP contribution in [0, 0.1) is 24.7 Å². The third-order valence-corrected chi connectivity index (χ3v) is 19.2. The van der Waals surface area contributed by atoms with E-state index in [2.05, 4.69) is 54.7 Å². The van der Waals surface area contributed by atoms with Crippen molar-refractivity contribution in [2.75, 3.05) is 93.7 Å². The fraction of sp³-hybridized carbons (Fsp3) is 0.467. The Kier molecular flexibility index (Phi) is 33.9. The number of carbonyl (C=O) groups is 6. The number of halogens is 10. The van der Waals surface area contributed by atoms with Crippen LogP contribution in [0.25, 0.3) is 0 Å². The van der Waals surface area contributed by atoms with E-state index in [1.54, 1.807) is 23.1 Å². The summed E-state index contributed by atoms with van der Waals surface area (Å²) in [7, 11) is 1.29. The summed E-state index contributed by atoms with van der Waals surface area (Å²) in [5, 5.41) is 11.7. The van der Waals surface area contributed by atoms with Crippen molar-refractivity contribution in [2.24, 2.45) is 0 Å². The first kappa shape index (κ1) is 82.4. The second-order valence-electron chi connectivity index (χ2n) is 25.2. The molecule has 546 valence electrons. The third kappa shape index (κ3) is 27.6. The first-order valence-electron chi connectivity index (χ1n) is 33.7. The second-order valence-corrected chi connectivity index (χ2v) is 26.6. The van der Waals surface area contributed by atoms with Crippen LogP contribution in [-0.4, -0.2) is 156 Å². The predicted octanol–water partition coefficient (Wildman–Crippen LogP) is 16.2. The van der Waals surface area contributed by atoms with E-state index < -0.39 is 47.0 Å². The van der Waals surface area contributed by atoms with E-state index in [0.29, 0.717) is 41.5 Å². The number of carbonyl (C=O) groups excluding carboxylic acids is 6. The van der Waals surface area contributed by atoms with Gasteiger partial charge in [-0.05, 0) is 154 Å². The highest BCUT2D eigenvalue weighted by Crippen LogP contribution is 2.34. The van der Waals surface area contributed by atoms with Crippen LogP contribution in [0.5, 0.6) is 0 Å². The number of nitrogens with one attached hydrogen (secondary N) is 4. The van der Waals surface area contributed by atoms with Gasteiger partial charge in [0.25, 0.3) is 0 Å². The summed E-state index contributed by atoms with van der Waals surface area (Å²) in [6, 6.07) is 27.7. The van der Waals surface area contributed by atoms with Crippen LogP contribution in [0.15, 0.2) is 115 Å². The lowest BCUT2D eigenvalue weighted by Gasteiger charge is -2.41. The fourth-order valence-corrected chi connectivity index (χ4v) is 12.8. The molecule has 0 unspecified atom stereocenters. The molecular weight excluding hydrogens is 1390 g/mol. The Hall–Kier alpha value is -7.54. The van der Waals surface area contributed by atoms with Gasteiger partial charge in [0.1, 0.15) is 0 Å². The summed E-state index contributed by atoms with van der Waals surface area (Å²) in [6.07, 6.45) is 11.9. The fourth-order valence-electron chi connectivity index (χ4n) is 12.3. The normalized spacial score (nSPS) is 15.2. The number of alkyl halides is 8. The molecule has 0 aliphatic carbocycles. The number of likely N-dealkylation sites (tertiary alicyclic amines) is 3. The molecule has 3 aliphatic heterocycles. The van der Waals surface area contributed by atoms with Gasteiger partial charge in [-0.3, -0.25) is 14.4 Å². The Morgan fingerprint density at radius 1 is 0.554 bits per heavy atom. The number of benzene rings is 5. The Bertz CT molecular complexity index is 3600. The maximum atomic E-state index is 13.5. The van der Waals surface area contributed by atoms with Gasteiger partial charge < -0.3 is 50.5 Å². The first-order chi connectivity index (χ1) is 48.3. The van der Waals surface area contributed by atoms with Crippen LogP contribution in [0.2, 0.25) is 10.0 Å². The summed E-state index contributed by atoms with van der Waals surface area (Å²) < 4.78 is 82.9. The van der Waals surface area contributed by atoms with E-state index in [4.69, 9.17) is 64.0 Å². The Balaban J connectivity index is 0.000000240. The highest BCUT2D eigenvalue weighted by atomic mass is 35.5. The average Bonchev–Trinajstić information content (AvgIpc) is 0.829. The molecular formula is C75H89Cl4F6N9O7. The molecule has 3 fully saturated rings. The molecule has 8 rings (SSSR count). The van der Waals surface area contributed by atoms with E-state index in [1.807, 2.05) is 53.4 Å². The van der Waals surface area contributed by atoms with E-state index in [1.165, 1.54) is 31.4 Å². The highest BCUT2D eigenvalue weighted by molar-refractivity contribution is 6.42. The summed E-state index contributed by atoms with van der Waals surface area (Å²) in [4.78, 5) is 86.0. The molecule has 5 aromatic carbocycles. The van der Waals surface area contributed by atoms with E-state index in [-0.39, 0.29) is 78.6 Å². The lowest BCUT2D eigenvalue weighted by atomic mass is 9.84. The number of esters is 1. The molecule has 0 spiro atoms. The molecule has 0 bridgehead atoms. The lowest BCUT2D eigenvalue weighted by Crippen LogP contribution is -2.57. The number of urea groups is 3. The topological polar surface area (TPSA) is 176 Å². The summed E-state index contributed by atoms with van der Waals surface area (Å²) >= 11 is 23.6. The zero-order valence-corrected chi connectivity index (χ0v) is 60.0. The summed E-state index contributed by atoms with van der Waals surface area (Å²) in [6.45, 7) is 10.4. The van der Waals surface area contributed by atoms with Crippen LogP contribution in [0.3, 0.4) is 0 Å². The highest BCUT2D eigenvalue weighted by Gasteiger charge is 2.39. The van der Waals surface area contributed by atoms with E-state index in [9.17, 15) is 55.1 Å². The number of nitrogens with zero attached hydrogens (tertiary/aromatic N) is 5. The smallest absolute Gasteiger partial charge is 0.416 e. The molecule has 0 saturated carbocycles. The van der Waals surface area contributed by atoms with Crippen molar-refractivity contribution in [1.29, 1.82) is 0 Å². The van der Waals surface area contributed by atoms with Crippen LogP contribution in [-0.2, 0) is 57.4 Å². The Labute approximate surface area is 608 Å². The maximum absolute atomic E-state index is 13.5. The minimum absolute atomic E-state index is 0.0150. The van der Waals surface area contributed by atoms with Crippen LogP contribution in [0.4, 0.5) is 57.8 Å². The standard InChI is InChI=1S/C28H31ClF3N3O2.C27H30Cl3N3O2.C20H28F3N3O3/c1-2-3-6-14-34-15-12-25(13-16-34)35(20-22-9-5-4-8-21(22)17-26(36)19-29)27(37)33-24-11-7-10-23(18-24)28(30,31)32;1-2-3-6-13-32-14-11-23(12-15-32)33(27(35)31-22-9-10-25(29)26(30)17-22)19-21-8-5-4-7-20(21)16-24(34)18-28;1-3-4-10-26-11-8-19(9-12-26,14-17(27)29-2)25-18(28)24-16-7-5-6-15(13-16)20(21,22)23/h1,4-5,7-11,18,25H,3,6,12-17,19-20H2,(H,33,37);1,4-5,7-10,17,23H,3,6,11-16,18-19H2,(H,31,35);5-7,13H,3-4,8-12,14H2,1-2H3,(H2,24,25,28). The van der Waals surface area contributed by atoms with Crippen LogP contribution >= 0.6 is 46.4 Å². The molecule has 26 heteroatoms. The summed E-state index contributed by atoms with van der Waals surface area (Å²) in [5.41, 5.74) is 1.62. The van der Waals surface area contributed by atoms with Crippen molar-refractivity contribution in [3.05, 3.63) is 159 Å². The Morgan fingerprint density at radius 3 is 1.38 bits per heavy atom. The van der Waals surface area contributed by atoms with Crippen molar-refractivity contribution < 1.29 is 59.8 Å². The molecule has 3 saturated heterocycles. The lowest BCUT2D eigenvalue weighted by molar-refractivity contribution is -0.143. The van der Waals surface area contributed by atoms with Gasteiger partial charge in [0.05, 0.1) is 52.0 Å². The summed E-state index contributed by atoms with van der Waals surface area (Å²) in [5.74, 6) is 4.58. The van der Waals surface area contributed by atoms with E-state index in [0.717, 1.165) is 163 Å². The Morgan fingerprint density at radius 2 is 0.970 bits per heavy atom. The molecule has 16 nitrogen and oxygen atoms in total. The number of Topliss-reactive ketones (excluding diaryl/α,β-unsaturated/α-hetero) is 2. The largest absolute Gasteiger partial charge is 0.469 e. The van der Waals surface area contributed by atoms with Gasteiger partial charge in [-0.1, -0.05) is 97.2 Å². The number of unbranched alkanes of at least 4 members (excludes halogenated alkanes) is 3. The number of hydrogen-bond acceptors (Lipinski definition) is 10. The van der Waals surface area contributed by atoms with Crippen molar-refractivity contribution in [3.8, 4) is 24.7 Å². The molecule has 0 atom stereocenters. The van der Waals surface area contributed by atoms with Crippen molar-refractivity contribution in [3.63, 3.8) is 0 Å².